The molecule has 0 saturated carbocycles. The minimum absolute atomic E-state index is 0.256. The molecule has 182 valence electrons. The molecule has 6 aromatic rings. The van der Waals surface area contributed by atoms with E-state index in [2.05, 4.69) is 77.7 Å². The number of hydrogen-bond donors (Lipinski definition) is 0. The van der Waals surface area contributed by atoms with Crippen molar-refractivity contribution in [1.82, 2.24) is 0 Å². The highest BCUT2D eigenvalue weighted by Crippen LogP contribution is 2.42. The van der Waals surface area contributed by atoms with Crippen LogP contribution in [0.25, 0.3) is 43.7 Å². The average molecular weight is 512 g/mol. The first kappa shape index (κ1) is 21.7. The van der Waals surface area contributed by atoms with Gasteiger partial charge in [0.15, 0.2) is 5.58 Å². The third kappa shape index (κ3) is 3.24. The number of nitrogens with zero attached hydrogens (tertiary/aromatic N) is 1. The van der Waals surface area contributed by atoms with E-state index in [9.17, 15) is 4.39 Å². The fraction of sp³-hybridized carbons (Fsp3) is 0.0588. The number of allylic oxidation sites excluding steroid dienone is 4. The van der Waals surface area contributed by atoms with Crippen LogP contribution in [0.3, 0.4) is 0 Å². The molecule has 2 aromatic heterocycles. The lowest BCUT2D eigenvalue weighted by molar-refractivity contribution is 0.628. The summed E-state index contributed by atoms with van der Waals surface area (Å²) in [5, 5.41) is 4.74. The second-order valence-corrected chi connectivity index (χ2v) is 10.9. The lowest BCUT2D eigenvalue weighted by Gasteiger charge is -2.25. The van der Waals surface area contributed by atoms with E-state index in [0.717, 1.165) is 45.4 Å². The van der Waals surface area contributed by atoms with E-state index >= 15 is 0 Å². The number of para-hydroxylation sites is 2. The van der Waals surface area contributed by atoms with E-state index in [1.807, 2.05) is 41.7 Å². The van der Waals surface area contributed by atoms with Gasteiger partial charge >= 0.3 is 0 Å². The Morgan fingerprint density at radius 3 is 2.58 bits per heavy atom. The molecule has 0 radical (unpaired) electrons. The van der Waals surface area contributed by atoms with Crippen molar-refractivity contribution in [3.05, 3.63) is 125 Å². The smallest absolute Gasteiger partial charge is 0.159 e. The van der Waals surface area contributed by atoms with Crippen molar-refractivity contribution in [1.29, 1.82) is 0 Å². The predicted octanol–water partition coefficient (Wildman–Crippen LogP) is 8.49. The van der Waals surface area contributed by atoms with Crippen LogP contribution in [0.4, 0.5) is 21.5 Å². The molecule has 0 saturated heterocycles. The van der Waals surface area contributed by atoms with Gasteiger partial charge in [-0.3, -0.25) is 0 Å². The molecule has 38 heavy (non-hydrogen) atoms. The van der Waals surface area contributed by atoms with Crippen molar-refractivity contribution in [3.8, 4) is 0 Å². The minimum Gasteiger partial charge on any atom is -0.454 e. The number of thiophene rings is 1. The predicted molar refractivity (Wildman–Crippen MR) is 157 cm³/mol. The quantitative estimate of drug-likeness (QED) is 0.237. The van der Waals surface area contributed by atoms with Crippen LogP contribution in [0, 0.1) is 11.7 Å². The molecular weight excluding hydrogens is 489 g/mol. The summed E-state index contributed by atoms with van der Waals surface area (Å²) in [5.41, 5.74) is 5.86. The van der Waals surface area contributed by atoms with Crippen LogP contribution in [-0.2, 0) is 0 Å². The second-order valence-electron chi connectivity index (χ2n) is 9.83. The van der Waals surface area contributed by atoms with Gasteiger partial charge in [0.2, 0.25) is 0 Å². The lowest BCUT2D eigenvalue weighted by Crippen LogP contribution is -2.28. The van der Waals surface area contributed by atoms with Crippen molar-refractivity contribution >= 4 is 72.1 Å². The maximum absolute atomic E-state index is 14.0. The highest BCUT2D eigenvalue weighted by Gasteiger charge is 2.22. The number of fused-ring (bicyclic) bond motifs is 7. The van der Waals surface area contributed by atoms with Gasteiger partial charge in [-0.2, -0.15) is 0 Å². The Hall–Kier alpha value is -4.41. The Morgan fingerprint density at radius 1 is 0.816 bits per heavy atom. The molecule has 0 N–H and O–H groups in total. The van der Waals surface area contributed by atoms with Crippen LogP contribution >= 0.6 is 11.3 Å². The normalized spacial score (nSPS) is 16.1. The average Bonchev–Trinajstić information content (AvgIpc) is 3.53. The van der Waals surface area contributed by atoms with Crippen LogP contribution in [0.15, 0.2) is 114 Å². The summed E-state index contributed by atoms with van der Waals surface area (Å²) in [5.74, 6) is 0.166. The highest BCUT2D eigenvalue weighted by molar-refractivity contribution is 7.17. The van der Waals surface area contributed by atoms with Gasteiger partial charge < -0.3 is 9.32 Å². The van der Waals surface area contributed by atoms with Crippen LogP contribution in [0.5, 0.6) is 0 Å². The largest absolute Gasteiger partial charge is 0.454 e. The van der Waals surface area contributed by atoms with Crippen molar-refractivity contribution in [2.45, 2.75) is 6.42 Å². The molecule has 0 spiro atoms. The molecule has 2 heterocycles. The molecule has 0 bridgehead atoms. The van der Waals surface area contributed by atoms with Crippen LogP contribution in [-0.4, -0.2) is 0 Å². The van der Waals surface area contributed by atoms with E-state index in [-0.39, 0.29) is 5.82 Å². The molecule has 2 nitrogen and oxygen atoms in total. The summed E-state index contributed by atoms with van der Waals surface area (Å²) in [6.45, 7) is 0. The standard InChI is InChI=1S/C34H22FNOS/c35-22-13-15-23(16-14-22)36(29-10-5-9-27-26-8-3-4-11-30(26)37-34(27)29)24-17-19-31-28(20-24)33-25-7-2-1-6-21(25)12-18-32(33)38-31/h1-11,13-21H,12H2. The third-order valence-electron chi connectivity index (χ3n) is 7.64. The SMILES string of the molecule is Fc1ccc(N(c2ccc3sc4c(c3c2)=C2C=CC=CC2CC=4)c2cccc3c2oc2ccccc23)cc1. The van der Waals surface area contributed by atoms with Gasteiger partial charge in [0.05, 0.1) is 5.69 Å². The van der Waals surface area contributed by atoms with Gasteiger partial charge in [0, 0.05) is 47.9 Å². The molecule has 4 heteroatoms. The summed E-state index contributed by atoms with van der Waals surface area (Å²) in [4.78, 5) is 2.18. The van der Waals surface area contributed by atoms with Crippen LogP contribution in [0.1, 0.15) is 6.42 Å². The van der Waals surface area contributed by atoms with Gasteiger partial charge in [0.25, 0.3) is 0 Å². The summed E-state index contributed by atoms with van der Waals surface area (Å²) in [6.07, 6.45) is 12.3. The Balaban J connectivity index is 1.42. The molecule has 0 fully saturated rings. The molecule has 2 aliphatic carbocycles. The number of anilines is 3. The molecule has 2 aliphatic rings. The second kappa shape index (κ2) is 8.30. The first-order chi connectivity index (χ1) is 18.7. The Bertz CT molecular complexity index is 2080. The van der Waals surface area contributed by atoms with Crippen molar-refractivity contribution in [3.63, 3.8) is 0 Å². The van der Waals surface area contributed by atoms with Crippen molar-refractivity contribution in [2.75, 3.05) is 4.90 Å². The number of rotatable bonds is 3. The monoisotopic (exact) mass is 511 g/mol. The topological polar surface area (TPSA) is 16.4 Å². The number of benzene rings is 4. The highest BCUT2D eigenvalue weighted by atomic mass is 32.1. The number of hydrogen-bond acceptors (Lipinski definition) is 3. The van der Waals surface area contributed by atoms with E-state index in [0.29, 0.717) is 5.92 Å². The molecule has 0 amide bonds. The summed E-state index contributed by atoms with van der Waals surface area (Å²) in [7, 11) is 0. The van der Waals surface area contributed by atoms with E-state index < -0.39 is 0 Å². The Labute approximate surface area is 222 Å². The van der Waals surface area contributed by atoms with Gasteiger partial charge in [-0.05, 0) is 66.6 Å². The van der Waals surface area contributed by atoms with Crippen molar-refractivity contribution in [2.24, 2.45) is 5.92 Å². The first-order valence-electron chi connectivity index (χ1n) is 12.8. The summed E-state index contributed by atoms with van der Waals surface area (Å²) in [6, 6.07) is 27.7. The van der Waals surface area contributed by atoms with E-state index in [1.165, 1.54) is 37.5 Å². The zero-order chi connectivity index (χ0) is 25.2. The minimum atomic E-state index is -0.256. The number of furan rings is 1. The maximum Gasteiger partial charge on any atom is 0.159 e. The molecular formula is C34H22FNOS. The zero-order valence-electron chi connectivity index (χ0n) is 20.4. The fourth-order valence-corrected chi connectivity index (χ4v) is 7.06. The van der Waals surface area contributed by atoms with Crippen LogP contribution < -0.4 is 14.7 Å². The molecule has 1 atom stereocenters. The summed E-state index contributed by atoms with van der Waals surface area (Å²) < 4.78 is 23.0. The summed E-state index contributed by atoms with van der Waals surface area (Å²) >= 11 is 1.85. The maximum atomic E-state index is 14.0. The van der Waals surface area contributed by atoms with Gasteiger partial charge in [-0.15, -0.1) is 11.3 Å². The van der Waals surface area contributed by atoms with Crippen molar-refractivity contribution < 1.29 is 8.81 Å². The fourth-order valence-electron chi connectivity index (χ4n) is 5.90. The Kier molecular flexibility index (Phi) is 4.73. The molecule has 8 rings (SSSR count). The third-order valence-corrected chi connectivity index (χ3v) is 8.81. The molecule has 1 unspecified atom stereocenters. The number of halogens is 1. The van der Waals surface area contributed by atoms with E-state index in [4.69, 9.17) is 4.42 Å². The van der Waals surface area contributed by atoms with Crippen LogP contribution in [0.2, 0.25) is 0 Å². The molecule has 0 aliphatic heterocycles. The molecule has 4 aromatic carbocycles. The first-order valence-corrected chi connectivity index (χ1v) is 13.6. The Morgan fingerprint density at radius 2 is 1.66 bits per heavy atom. The van der Waals surface area contributed by atoms with Gasteiger partial charge in [-0.25, -0.2) is 4.39 Å². The van der Waals surface area contributed by atoms with Gasteiger partial charge in [-0.1, -0.05) is 60.7 Å². The zero-order valence-corrected chi connectivity index (χ0v) is 21.2. The lowest BCUT2D eigenvalue weighted by atomic mass is 9.87. The van der Waals surface area contributed by atoms with E-state index in [1.54, 1.807) is 0 Å². The van der Waals surface area contributed by atoms with Gasteiger partial charge in [0.1, 0.15) is 11.4 Å².